The molecule has 16 nitrogen and oxygen atoms in total. The first-order valence-corrected chi connectivity index (χ1v) is 32.7. The Balaban J connectivity index is 0.000000230. The Kier molecular flexibility index (Phi) is 26.9. The van der Waals surface area contributed by atoms with Gasteiger partial charge in [0.2, 0.25) is 0 Å². The zero-order valence-electron chi connectivity index (χ0n) is 55.6. The van der Waals surface area contributed by atoms with Crippen LogP contribution in [0.1, 0.15) is 58.4 Å². The smallest absolute Gasteiger partial charge is 0.330 e. The van der Waals surface area contributed by atoms with Gasteiger partial charge < -0.3 is 56.8 Å². The van der Waals surface area contributed by atoms with Gasteiger partial charge in [0.15, 0.2) is 0 Å². The maximum absolute atomic E-state index is 11.3. The molecule has 0 radical (unpaired) electrons. The van der Waals surface area contributed by atoms with Crippen molar-refractivity contribution in [2.75, 3.05) is 106 Å². The maximum atomic E-state index is 11.3. The summed E-state index contributed by atoms with van der Waals surface area (Å²) >= 11 is 0. The quantitative estimate of drug-likeness (QED) is 0.0154. The molecule has 0 amide bonds. The van der Waals surface area contributed by atoms with Gasteiger partial charge in [-0.1, -0.05) is 186 Å². The number of hydrogen-bond acceptors (Lipinski definition) is 16. The van der Waals surface area contributed by atoms with Crippen LogP contribution in [0.2, 0.25) is 0 Å². The SMILES string of the molecule is C=CC(=O)OCC(C)COCCOc1ccc(C2(c3ccc(OCCOCC(C)COC(=O)C=C)cc3)c3ccccc3-c3ccccc32)cc1.C=CC(=O)OCCOCCOc1ccc(C2(c3ccc(OCCOCCOC(=O)C=C)cc3)c3ccccc3-c3ccccc32)cc1. The summed E-state index contributed by atoms with van der Waals surface area (Å²) in [5.41, 5.74) is 13.1. The molecule has 2 aliphatic rings. The summed E-state index contributed by atoms with van der Waals surface area (Å²) in [4.78, 5) is 44.8. The highest BCUT2D eigenvalue weighted by Crippen LogP contribution is 2.58. The van der Waals surface area contributed by atoms with Gasteiger partial charge in [0.1, 0.15) is 62.6 Å². The van der Waals surface area contributed by atoms with Crippen molar-refractivity contribution >= 4 is 23.9 Å². The van der Waals surface area contributed by atoms with Gasteiger partial charge in [-0.2, -0.15) is 0 Å². The second-order valence-corrected chi connectivity index (χ2v) is 23.2. The van der Waals surface area contributed by atoms with Gasteiger partial charge in [-0.15, -0.1) is 0 Å². The lowest BCUT2D eigenvalue weighted by Crippen LogP contribution is -2.28. The molecule has 2 atom stereocenters. The fraction of sp³-hybridized carbons (Fsp3) is 0.268. The Morgan fingerprint density at radius 2 is 0.531 bits per heavy atom. The molecule has 16 heteroatoms. The number of hydrogen-bond donors (Lipinski definition) is 0. The van der Waals surface area contributed by atoms with Crippen LogP contribution in [0, 0.1) is 11.8 Å². The van der Waals surface area contributed by atoms with Crippen molar-refractivity contribution in [2.45, 2.75) is 24.7 Å². The van der Waals surface area contributed by atoms with Gasteiger partial charge in [-0.3, -0.25) is 0 Å². The molecule has 0 aromatic heterocycles. The standard InChI is InChI=1S/C43H46O8.C39H38O8/c1-5-41(44)50-29-31(3)27-46-23-25-48-35-19-15-33(16-20-35)43(39-13-9-7-11-37(39)38-12-8-10-14-40(38)43)34-17-21-36(22-18-34)49-26-24-47-28-32(4)30-51-42(45)6-2;1-3-37(40)46-27-23-42-21-25-44-31-17-13-29(14-18-31)39(35-11-7-5-9-33(35)34-10-6-8-12-36(34)39)30-15-19-32(20-16-30)45-26-22-43-24-28-47-38(41)4-2/h5-22,31-32H,1-2,23-30H2,3-4H3;3-20H,1-2,21-28H2. The summed E-state index contributed by atoms with van der Waals surface area (Å²) in [6, 6.07) is 67.4. The summed E-state index contributed by atoms with van der Waals surface area (Å²) in [5.74, 6) is 1.30. The first-order valence-electron chi connectivity index (χ1n) is 32.7. The summed E-state index contributed by atoms with van der Waals surface area (Å²) in [5, 5.41) is 0. The van der Waals surface area contributed by atoms with Gasteiger partial charge in [0, 0.05) is 36.1 Å². The lowest BCUT2D eigenvalue weighted by Gasteiger charge is -2.34. The molecule has 2 aliphatic carbocycles. The topological polar surface area (TPSA) is 179 Å². The number of carbonyl (C=O) groups is 4. The molecule has 0 aliphatic heterocycles. The molecule has 0 saturated heterocycles. The van der Waals surface area contributed by atoms with E-state index in [0.29, 0.717) is 66.1 Å². The number of rotatable bonds is 38. The second kappa shape index (κ2) is 36.7. The van der Waals surface area contributed by atoms with Crippen molar-refractivity contribution in [3.05, 3.63) is 289 Å². The van der Waals surface area contributed by atoms with Crippen LogP contribution in [0.15, 0.2) is 245 Å². The largest absolute Gasteiger partial charge is 0.491 e. The molecule has 0 saturated carbocycles. The van der Waals surface area contributed by atoms with Gasteiger partial charge >= 0.3 is 23.9 Å². The monoisotopic (exact) mass is 1320 g/mol. The van der Waals surface area contributed by atoms with E-state index in [4.69, 9.17) is 56.8 Å². The lowest BCUT2D eigenvalue weighted by atomic mass is 9.68. The maximum Gasteiger partial charge on any atom is 0.330 e. The first-order chi connectivity index (χ1) is 47.9. The van der Waals surface area contributed by atoms with Crippen LogP contribution >= 0.6 is 0 Å². The number of carbonyl (C=O) groups excluding carboxylic acids is 4. The number of benzene rings is 8. The Morgan fingerprint density at radius 3 is 0.796 bits per heavy atom. The molecule has 8 aromatic rings. The predicted molar refractivity (Wildman–Crippen MR) is 376 cm³/mol. The van der Waals surface area contributed by atoms with Crippen LogP contribution in [-0.4, -0.2) is 130 Å². The van der Waals surface area contributed by atoms with E-state index in [9.17, 15) is 19.2 Å². The molecular formula is C82H84O16. The van der Waals surface area contributed by atoms with E-state index in [2.05, 4.69) is 172 Å². The number of esters is 4. The first kappa shape index (κ1) is 71.9. The molecule has 0 fully saturated rings. The minimum Gasteiger partial charge on any atom is -0.491 e. The van der Waals surface area contributed by atoms with E-state index in [0.717, 1.165) is 69.6 Å². The number of ether oxygens (including phenoxy) is 12. The zero-order chi connectivity index (χ0) is 69.0. The van der Waals surface area contributed by atoms with Crippen molar-refractivity contribution < 1.29 is 76.0 Å². The van der Waals surface area contributed by atoms with Crippen molar-refractivity contribution in [3.63, 3.8) is 0 Å². The van der Waals surface area contributed by atoms with Crippen molar-refractivity contribution in [3.8, 4) is 45.3 Å². The van der Waals surface area contributed by atoms with E-state index >= 15 is 0 Å². The summed E-state index contributed by atoms with van der Waals surface area (Å²) < 4.78 is 66.4. The normalized spacial score (nSPS) is 13.0. The average Bonchev–Trinajstić information content (AvgIpc) is 1.54. The molecule has 8 aromatic carbocycles. The summed E-state index contributed by atoms with van der Waals surface area (Å²) in [7, 11) is 0. The highest BCUT2D eigenvalue weighted by molar-refractivity contribution is 5.88. The van der Waals surface area contributed by atoms with Gasteiger partial charge in [0.05, 0.1) is 76.9 Å². The molecule has 10 rings (SSSR count). The molecule has 0 N–H and O–H groups in total. The van der Waals surface area contributed by atoms with Gasteiger partial charge in [-0.05, 0) is 115 Å². The highest BCUT2D eigenvalue weighted by atomic mass is 16.6. The van der Waals surface area contributed by atoms with Crippen molar-refractivity contribution in [1.29, 1.82) is 0 Å². The molecule has 2 unspecified atom stereocenters. The van der Waals surface area contributed by atoms with Crippen LogP contribution in [0.4, 0.5) is 0 Å². The third-order valence-corrected chi connectivity index (χ3v) is 16.5. The molecular weight excluding hydrogens is 1240 g/mol. The summed E-state index contributed by atoms with van der Waals surface area (Å²) in [6.07, 6.45) is 4.56. The van der Waals surface area contributed by atoms with E-state index in [1.807, 2.05) is 62.4 Å². The number of fused-ring (bicyclic) bond motifs is 6. The van der Waals surface area contributed by atoms with E-state index in [1.54, 1.807) is 0 Å². The van der Waals surface area contributed by atoms with Crippen LogP contribution in [0.3, 0.4) is 0 Å². The second-order valence-electron chi connectivity index (χ2n) is 23.2. The van der Waals surface area contributed by atoms with Gasteiger partial charge in [-0.25, -0.2) is 19.2 Å². The predicted octanol–water partition coefficient (Wildman–Crippen LogP) is 13.9. The average molecular weight is 1330 g/mol. The van der Waals surface area contributed by atoms with E-state index < -0.39 is 34.7 Å². The molecule has 0 heterocycles. The molecule has 508 valence electrons. The zero-order valence-corrected chi connectivity index (χ0v) is 55.6. The molecule has 98 heavy (non-hydrogen) atoms. The van der Waals surface area contributed by atoms with Gasteiger partial charge in [0.25, 0.3) is 0 Å². The minimum atomic E-state index is -0.553. The van der Waals surface area contributed by atoms with Crippen molar-refractivity contribution in [2.24, 2.45) is 11.8 Å². The van der Waals surface area contributed by atoms with Crippen LogP contribution in [0.5, 0.6) is 23.0 Å². The highest BCUT2D eigenvalue weighted by Gasteiger charge is 2.47. The third kappa shape index (κ3) is 18.2. The lowest BCUT2D eigenvalue weighted by molar-refractivity contribution is -0.140. The minimum absolute atomic E-state index is 0.0679. The van der Waals surface area contributed by atoms with Crippen molar-refractivity contribution in [1.82, 2.24) is 0 Å². The fourth-order valence-electron chi connectivity index (χ4n) is 12.1. The third-order valence-electron chi connectivity index (χ3n) is 16.5. The Labute approximate surface area is 573 Å². The van der Waals surface area contributed by atoms with E-state index in [1.165, 1.54) is 44.5 Å². The van der Waals surface area contributed by atoms with Crippen LogP contribution in [0.25, 0.3) is 22.3 Å². The Bertz CT molecular complexity index is 3680. The Hall–Kier alpha value is -10.4. The summed E-state index contributed by atoms with van der Waals surface area (Å²) in [6.45, 7) is 22.9. The molecule has 0 spiro atoms. The van der Waals surface area contributed by atoms with Crippen LogP contribution in [-0.2, 0) is 67.9 Å². The Morgan fingerprint density at radius 1 is 0.296 bits per heavy atom. The van der Waals surface area contributed by atoms with Crippen LogP contribution < -0.4 is 18.9 Å². The fourth-order valence-corrected chi connectivity index (χ4v) is 12.1. The van der Waals surface area contributed by atoms with E-state index in [-0.39, 0.29) is 51.5 Å². The molecule has 0 bridgehead atoms.